The number of rotatable bonds is 11. The lowest BCUT2D eigenvalue weighted by Gasteiger charge is -2.33. The Hall–Kier alpha value is -3.57. The molecule has 0 aliphatic heterocycles. The van der Waals surface area contributed by atoms with Crippen molar-refractivity contribution in [3.05, 3.63) is 82.3 Å². The van der Waals surface area contributed by atoms with Crippen LogP contribution in [0.5, 0.6) is 11.5 Å². The van der Waals surface area contributed by atoms with Gasteiger partial charge in [0, 0.05) is 22.6 Å². The Morgan fingerprint density at radius 1 is 0.976 bits per heavy atom. The maximum atomic E-state index is 14.2. The van der Waals surface area contributed by atoms with Crippen LogP contribution in [-0.4, -0.2) is 57.5 Å². The lowest BCUT2D eigenvalue weighted by molar-refractivity contribution is -0.140. The molecule has 9 nitrogen and oxygen atoms in total. The van der Waals surface area contributed by atoms with Gasteiger partial charge >= 0.3 is 0 Å². The van der Waals surface area contributed by atoms with Gasteiger partial charge in [0.15, 0.2) is 0 Å². The molecule has 0 bridgehead atoms. The van der Waals surface area contributed by atoms with Crippen molar-refractivity contribution in [2.45, 2.75) is 57.6 Å². The van der Waals surface area contributed by atoms with Crippen LogP contribution in [0.25, 0.3) is 0 Å². The summed E-state index contributed by atoms with van der Waals surface area (Å²) in [4.78, 5) is 28.8. The van der Waals surface area contributed by atoms with E-state index in [9.17, 15) is 18.0 Å². The first kappa shape index (κ1) is 32.9. The van der Waals surface area contributed by atoms with Gasteiger partial charge in [-0.05, 0) is 76.6 Å². The molecule has 1 unspecified atom stereocenters. The van der Waals surface area contributed by atoms with Crippen LogP contribution in [0.3, 0.4) is 0 Å². The Balaban J connectivity index is 2.13. The van der Waals surface area contributed by atoms with Crippen LogP contribution in [0, 0.1) is 6.92 Å². The molecule has 0 saturated heterocycles. The molecule has 0 spiro atoms. The van der Waals surface area contributed by atoms with Crippen LogP contribution < -0.4 is 19.1 Å². The van der Waals surface area contributed by atoms with Gasteiger partial charge in [0.25, 0.3) is 10.0 Å². The molecule has 0 aliphatic carbocycles. The third-order valence-corrected chi connectivity index (χ3v) is 8.72. The highest BCUT2D eigenvalue weighted by atomic mass is 79.9. The van der Waals surface area contributed by atoms with E-state index in [0.717, 1.165) is 19.9 Å². The molecule has 2 amide bonds. The number of methoxy groups -OCH3 is 2. The Bertz CT molecular complexity index is 1520. The molecule has 0 aliphatic rings. The van der Waals surface area contributed by atoms with Crippen LogP contribution in [0.4, 0.5) is 5.69 Å². The zero-order valence-electron chi connectivity index (χ0n) is 25.0. The number of ether oxygens (including phenoxy) is 2. The monoisotopic (exact) mass is 659 g/mol. The van der Waals surface area contributed by atoms with E-state index in [0.29, 0.717) is 5.75 Å². The average Bonchev–Trinajstić information content (AvgIpc) is 2.93. The van der Waals surface area contributed by atoms with Crippen molar-refractivity contribution < 1.29 is 27.5 Å². The van der Waals surface area contributed by atoms with Crippen LogP contribution >= 0.6 is 15.9 Å². The molecule has 3 aromatic rings. The van der Waals surface area contributed by atoms with E-state index >= 15 is 0 Å². The second kappa shape index (κ2) is 13.6. The summed E-state index contributed by atoms with van der Waals surface area (Å²) in [7, 11) is -1.39. The number of hydrogen-bond acceptors (Lipinski definition) is 6. The van der Waals surface area contributed by atoms with E-state index in [-0.39, 0.29) is 28.8 Å². The van der Waals surface area contributed by atoms with Gasteiger partial charge in [-0.25, -0.2) is 8.42 Å². The quantitative estimate of drug-likeness (QED) is 0.299. The number of benzene rings is 3. The number of carbonyl (C=O) groups is 2. The Labute approximate surface area is 257 Å². The minimum atomic E-state index is -4.27. The van der Waals surface area contributed by atoms with Gasteiger partial charge in [-0.1, -0.05) is 45.8 Å². The van der Waals surface area contributed by atoms with Gasteiger partial charge in [0.05, 0.1) is 24.8 Å². The molecular weight excluding hydrogens is 622 g/mol. The third kappa shape index (κ3) is 8.25. The standard InChI is InChI=1S/C31H38BrN3O6S/c1-21-11-14-26(15-12-21)42(38,39)35(27-18-25(40-6)13-16-28(27)41-7)20-29(36)34(19-23-9-8-10-24(32)17-23)22(2)30(37)33-31(3,4)5/h8-18,22H,19-20H2,1-7H3,(H,33,37). The van der Waals surface area contributed by atoms with E-state index in [4.69, 9.17) is 9.47 Å². The fourth-order valence-corrected chi connectivity index (χ4v) is 6.09. The van der Waals surface area contributed by atoms with Crippen LogP contribution in [0.2, 0.25) is 0 Å². The first-order valence-electron chi connectivity index (χ1n) is 13.3. The van der Waals surface area contributed by atoms with Gasteiger partial charge in [0.1, 0.15) is 24.1 Å². The molecule has 0 radical (unpaired) electrons. The summed E-state index contributed by atoms with van der Waals surface area (Å²) < 4.78 is 41.0. The topological polar surface area (TPSA) is 105 Å². The van der Waals surface area contributed by atoms with Crippen molar-refractivity contribution in [1.29, 1.82) is 0 Å². The maximum absolute atomic E-state index is 14.2. The molecule has 0 aromatic heterocycles. The largest absolute Gasteiger partial charge is 0.497 e. The molecular formula is C31H38BrN3O6S. The normalized spacial score (nSPS) is 12.3. The third-order valence-electron chi connectivity index (χ3n) is 6.45. The fraction of sp³-hybridized carbons (Fsp3) is 0.355. The first-order valence-corrected chi connectivity index (χ1v) is 15.6. The SMILES string of the molecule is COc1ccc(OC)c(N(CC(=O)N(Cc2cccc(Br)c2)C(C)C(=O)NC(C)(C)C)S(=O)(=O)c2ccc(C)cc2)c1. The highest BCUT2D eigenvalue weighted by molar-refractivity contribution is 9.10. The average molecular weight is 661 g/mol. The van der Waals surface area contributed by atoms with Crippen molar-refractivity contribution in [1.82, 2.24) is 10.2 Å². The number of amides is 2. The van der Waals surface area contributed by atoms with Crippen LogP contribution in [0.15, 0.2) is 76.1 Å². The number of anilines is 1. The van der Waals surface area contributed by atoms with Crippen LogP contribution in [0.1, 0.15) is 38.8 Å². The van der Waals surface area contributed by atoms with E-state index in [2.05, 4.69) is 21.2 Å². The lowest BCUT2D eigenvalue weighted by Crippen LogP contribution is -2.54. The summed E-state index contributed by atoms with van der Waals surface area (Å²) >= 11 is 3.46. The van der Waals surface area contributed by atoms with Crippen molar-refractivity contribution in [3.8, 4) is 11.5 Å². The minimum absolute atomic E-state index is 0.00263. The molecule has 1 atom stereocenters. The summed E-state index contributed by atoms with van der Waals surface area (Å²) in [6, 6.07) is 17.6. The van der Waals surface area contributed by atoms with Gasteiger partial charge in [-0.3, -0.25) is 13.9 Å². The second-order valence-electron chi connectivity index (χ2n) is 10.9. The van der Waals surface area contributed by atoms with Crippen molar-refractivity contribution in [2.24, 2.45) is 0 Å². The Kier molecular flexibility index (Phi) is 10.7. The van der Waals surface area contributed by atoms with Gasteiger partial charge in [0.2, 0.25) is 11.8 Å². The molecule has 3 rings (SSSR count). The van der Waals surface area contributed by atoms with E-state index in [1.54, 1.807) is 31.2 Å². The highest BCUT2D eigenvalue weighted by Crippen LogP contribution is 2.36. The summed E-state index contributed by atoms with van der Waals surface area (Å²) in [5.74, 6) is -0.326. The predicted molar refractivity (Wildman–Crippen MR) is 167 cm³/mol. The number of nitrogens with one attached hydrogen (secondary N) is 1. The number of hydrogen-bond donors (Lipinski definition) is 1. The second-order valence-corrected chi connectivity index (χ2v) is 13.7. The van der Waals surface area contributed by atoms with Gasteiger partial charge in [-0.15, -0.1) is 0 Å². The van der Waals surface area contributed by atoms with Crippen molar-refractivity contribution in [3.63, 3.8) is 0 Å². The molecule has 0 saturated carbocycles. The summed E-state index contributed by atoms with van der Waals surface area (Å²) in [5.41, 5.74) is 1.24. The zero-order valence-corrected chi connectivity index (χ0v) is 27.4. The summed E-state index contributed by atoms with van der Waals surface area (Å²) in [6.45, 7) is 8.51. The number of aryl methyl sites for hydroxylation is 1. The number of sulfonamides is 1. The number of nitrogens with zero attached hydrogens (tertiary/aromatic N) is 2. The van der Waals surface area contributed by atoms with E-state index in [1.165, 1.54) is 37.3 Å². The highest BCUT2D eigenvalue weighted by Gasteiger charge is 2.34. The zero-order chi connectivity index (χ0) is 31.2. The van der Waals surface area contributed by atoms with Crippen molar-refractivity contribution in [2.75, 3.05) is 25.1 Å². The van der Waals surface area contributed by atoms with Gasteiger partial charge < -0.3 is 19.7 Å². The molecule has 0 fully saturated rings. The minimum Gasteiger partial charge on any atom is -0.497 e. The lowest BCUT2D eigenvalue weighted by atomic mass is 10.1. The Morgan fingerprint density at radius 3 is 2.21 bits per heavy atom. The van der Waals surface area contributed by atoms with Gasteiger partial charge in [-0.2, -0.15) is 0 Å². The number of halogens is 1. The predicted octanol–water partition coefficient (Wildman–Crippen LogP) is 5.30. The molecule has 11 heteroatoms. The smallest absolute Gasteiger partial charge is 0.264 e. The van der Waals surface area contributed by atoms with E-state index in [1.807, 2.05) is 52.0 Å². The maximum Gasteiger partial charge on any atom is 0.264 e. The molecule has 3 aromatic carbocycles. The Morgan fingerprint density at radius 2 is 1.64 bits per heavy atom. The number of carbonyl (C=O) groups excluding carboxylic acids is 2. The fourth-order valence-electron chi connectivity index (χ4n) is 4.23. The molecule has 42 heavy (non-hydrogen) atoms. The van der Waals surface area contributed by atoms with Crippen molar-refractivity contribution >= 4 is 43.5 Å². The summed E-state index contributed by atoms with van der Waals surface area (Å²) in [6.07, 6.45) is 0. The molecule has 1 N–H and O–H groups in total. The van der Waals surface area contributed by atoms with E-state index < -0.39 is 34.1 Å². The first-order chi connectivity index (χ1) is 19.7. The molecule has 226 valence electrons. The van der Waals surface area contributed by atoms with Crippen LogP contribution in [-0.2, 0) is 26.2 Å². The molecule has 0 heterocycles. The summed E-state index contributed by atoms with van der Waals surface area (Å²) in [5, 5.41) is 2.92.